The number of methoxy groups -OCH3 is 12. The Balaban J connectivity index is 0.000000202. The van der Waals surface area contributed by atoms with Gasteiger partial charge in [-0.2, -0.15) is 0 Å². The number of hydrogen-bond acceptors (Lipinski definition) is 24. The molecule has 6 aromatic rings. The molecule has 0 aliphatic carbocycles. The van der Waals surface area contributed by atoms with Crippen LogP contribution < -0.4 is 56.8 Å². The Bertz CT molecular complexity index is 8040. The standard InChI is InChI=1S/3C20H31NO3.3C19H29NO3/c3*1-20(2,3)11-14-12-21-7-6-13-8-18(23-4)19(24-5)9-15(13)16(21)10-17(14)22;3*1-12(2)7-14-11-20-6-5-13-8-18(22-3)19(23-4)9-15(13)16(20)10-17(14)21/h3*8-9,14,16-17,22H,6-7,10-12H2,1-5H3;3*8-9,12,14,16-17,21H,5-7,10-11H2,1-4H3/i1D3,2D3,5D3,10D2,11D2,12D2,14D,17D;2*1D3,2D3,10D2,11D2,12D2,14D,17D;2*4D3,10D2,11D2,14D,17D;10D2,11D2,14D,17D. The largest absolute Gasteiger partial charge is 0.493 e. The quantitative estimate of drug-likeness (QED) is 0.0392. The van der Waals surface area contributed by atoms with Crippen LogP contribution in [0.1, 0.15) is 378 Å². The van der Waals surface area contributed by atoms with Gasteiger partial charge in [0.05, 0.1) is 142 Å². The highest BCUT2D eigenvalue weighted by Crippen LogP contribution is 2.53. The number of aliphatic hydroxyl groups is 6. The number of piperidine rings is 6. The third-order valence-corrected chi connectivity index (χ3v) is 24.7. The summed E-state index contributed by atoms with van der Waals surface area (Å²) in [6, 6.07) is 7.38. The van der Waals surface area contributed by atoms with Gasteiger partial charge in [-0.15, -0.1) is 0 Å². The van der Waals surface area contributed by atoms with Crippen molar-refractivity contribution < 1.29 is 182 Å². The fourth-order valence-electron chi connectivity index (χ4n) is 18.3. The van der Waals surface area contributed by atoms with E-state index in [-0.39, 0.29) is 187 Å². The van der Waals surface area contributed by atoms with E-state index in [9.17, 15) is 30.6 Å². The minimum atomic E-state index is -4.13. The van der Waals surface area contributed by atoms with Gasteiger partial charge in [0.2, 0.25) is 0 Å². The molecule has 12 aliphatic heterocycles. The van der Waals surface area contributed by atoms with Gasteiger partial charge in [0.15, 0.2) is 69.0 Å². The molecule has 6 fully saturated rings. The molecule has 786 valence electrons. The van der Waals surface area contributed by atoms with Crippen LogP contribution in [0.25, 0.3) is 0 Å². The van der Waals surface area contributed by atoms with Crippen LogP contribution >= 0.6 is 0 Å². The van der Waals surface area contributed by atoms with Gasteiger partial charge in [-0.3, -0.25) is 29.4 Å². The van der Waals surface area contributed by atoms with Crippen LogP contribution in [0.2, 0.25) is 0 Å². The highest BCUT2D eigenvalue weighted by molar-refractivity contribution is 5.55. The van der Waals surface area contributed by atoms with E-state index < -0.39 is 295 Å². The third kappa shape index (κ3) is 26.9. The maximum atomic E-state index is 11.5. The predicted octanol–water partition coefficient (Wildman–Crippen LogP) is 19.3. The first kappa shape index (κ1) is 50.9. The van der Waals surface area contributed by atoms with E-state index in [2.05, 4.69) is 0 Å². The molecule has 24 heteroatoms. The fraction of sp³-hybridized carbons (Fsp3) is 0.692. The lowest BCUT2D eigenvalue weighted by Crippen LogP contribution is -2.48. The maximum absolute atomic E-state index is 11.5. The third-order valence-electron chi connectivity index (χ3n) is 24.7. The van der Waals surface area contributed by atoms with E-state index >= 15 is 0 Å². The Morgan fingerprint density at radius 3 is 0.589 bits per heavy atom. The second kappa shape index (κ2) is 48.4. The van der Waals surface area contributed by atoms with Crippen molar-refractivity contribution in [2.24, 2.45) is 69.4 Å². The van der Waals surface area contributed by atoms with Crippen molar-refractivity contribution in [3.8, 4) is 69.0 Å². The van der Waals surface area contributed by atoms with Crippen molar-refractivity contribution in [2.75, 3.05) is 163 Å². The van der Waals surface area contributed by atoms with Crippen LogP contribution in [0, 0.1) is 69.4 Å². The number of hydrogen-bond donors (Lipinski definition) is 6. The fourth-order valence-corrected chi connectivity index (χ4v) is 18.3. The van der Waals surface area contributed by atoms with E-state index in [1.165, 1.54) is 133 Å². The summed E-state index contributed by atoms with van der Waals surface area (Å²) in [6.45, 7) is -29.2. The Kier molecular flexibility index (Phi) is 17.5. The zero-order chi connectivity index (χ0) is 163. The molecule has 24 nitrogen and oxygen atoms in total. The van der Waals surface area contributed by atoms with Gasteiger partial charge in [-0.25, -0.2) is 0 Å². The van der Waals surface area contributed by atoms with Crippen LogP contribution in [0.5, 0.6) is 69.0 Å². The zero-order valence-electron chi connectivity index (χ0n) is 151. The van der Waals surface area contributed by atoms with Crippen LogP contribution in [0.15, 0.2) is 72.8 Å². The molecule has 0 aromatic heterocycles. The van der Waals surface area contributed by atoms with Crippen LogP contribution in [0.3, 0.4) is 0 Å². The summed E-state index contributed by atoms with van der Waals surface area (Å²) < 4.78 is 640. The highest BCUT2D eigenvalue weighted by Gasteiger charge is 2.47. The van der Waals surface area contributed by atoms with E-state index in [1.54, 1.807) is 53.7 Å². The Morgan fingerprint density at radius 1 is 0.277 bits per heavy atom. The summed E-state index contributed by atoms with van der Waals surface area (Å²) in [5, 5.41) is 67.7. The van der Waals surface area contributed by atoms with Crippen molar-refractivity contribution >= 4 is 0 Å². The van der Waals surface area contributed by atoms with Crippen molar-refractivity contribution in [1.29, 1.82) is 0 Å². The maximum Gasteiger partial charge on any atom is 0.161 e. The van der Waals surface area contributed by atoms with Gasteiger partial charge in [-0.1, -0.05) is 103 Å². The van der Waals surface area contributed by atoms with Crippen LogP contribution in [-0.4, -0.2) is 260 Å². The van der Waals surface area contributed by atoms with E-state index in [0.29, 0.717) is 71.4 Å². The highest BCUT2D eigenvalue weighted by atomic mass is 16.5. The molecular formula is C117H180N6O18. The molecule has 0 radical (unpaired) electrons. The minimum absolute atomic E-state index is 0.0433. The Labute approximate surface area is 943 Å². The van der Waals surface area contributed by atoms with Crippen LogP contribution in [0.4, 0.5) is 0 Å². The van der Waals surface area contributed by atoms with E-state index in [0.717, 1.165) is 21.4 Å². The first-order chi connectivity index (χ1) is 93.7. The Hall–Kier alpha value is -7.56. The van der Waals surface area contributed by atoms with Crippen molar-refractivity contribution in [3.63, 3.8) is 0 Å². The van der Waals surface area contributed by atoms with Crippen LogP contribution in [-0.2, 0) is 38.5 Å². The number of nitrogens with zero attached hydrogens (tertiary/aromatic N) is 6. The molecule has 6 N–H and O–H groups in total. The molecule has 6 saturated heterocycles. The smallest absolute Gasteiger partial charge is 0.161 e. The van der Waals surface area contributed by atoms with Gasteiger partial charge in [0.25, 0.3) is 0 Å². The van der Waals surface area contributed by atoms with Gasteiger partial charge in [0.1, 0.15) is 0 Å². The van der Waals surface area contributed by atoms with Gasteiger partial charge >= 0.3 is 0 Å². The first-order valence-electron chi connectivity index (χ1n) is 80.6. The topological polar surface area (TPSA) is 252 Å². The molecule has 0 saturated carbocycles. The molecular weight excluding hydrogens is 1780 g/mol. The van der Waals surface area contributed by atoms with E-state index in [4.69, 9.17) is 151 Å². The summed E-state index contributed by atoms with van der Waals surface area (Å²) in [6.07, 6.45) is -51.4. The lowest BCUT2D eigenvalue weighted by Gasteiger charge is -2.47. The second-order valence-electron chi connectivity index (χ2n) is 36.9. The summed E-state index contributed by atoms with van der Waals surface area (Å²) in [7, 11) is 3.63. The molecule has 0 bridgehead atoms. The normalized spacial score (nSPS) is 46.3. The van der Waals surface area contributed by atoms with Gasteiger partial charge in [0, 0.05) is 189 Å². The molecule has 18 unspecified atom stereocenters. The van der Waals surface area contributed by atoms with Crippen molar-refractivity contribution in [1.82, 2.24) is 29.4 Å². The monoisotopic (exact) mass is 2030 g/mol. The molecule has 18 atom stereocenters. The van der Waals surface area contributed by atoms with Gasteiger partial charge in [-0.05, 0) is 324 Å². The average molecular weight is 2030 g/mol. The average Bonchev–Trinajstić information content (AvgIpc) is 0.649. The van der Waals surface area contributed by atoms with Crippen molar-refractivity contribution in [2.45, 2.75) is 291 Å². The molecule has 141 heavy (non-hydrogen) atoms. The summed E-state index contributed by atoms with van der Waals surface area (Å²) in [4.78, 5) is 5.82. The number of fused-ring (bicyclic) bond motifs is 18. The summed E-state index contributed by atoms with van der Waals surface area (Å²) >= 11 is 0. The molecule has 0 spiro atoms. The number of ether oxygens (including phenoxy) is 12. The molecule has 12 aliphatic rings. The molecule has 12 heterocycles. The summed E-state index contributed by atoms with van der Waals surface area (Å²) in [5.74, 6) is -19.0. The van der Waals surface area contributed by atoms with E-state index in [1.807, 2.05) is 0 Å². The molecule has 18 rings (SSSR count). The SMILES string of the molecule is [2H]C([2H])([2H])C(C)(C([2H])([2H])[2H])C([2H])([2H])C1([2H])C([2H])([2H])N2CCc3cc(OC)c(OC)cc3C2C([2H])([2H])C1([2H])O.[2H]C([2H])([2H])C(C)(C([2H])([2H])[2H])C([2H])([2H])C1([2H])C([2H])([2H])N2CCc3cc(OC)c(OC)cc3C2C([2H])([2H])C1([2H])O.[2H]C([2H])([2H])Oc1cc2c(cc1OC)CCN1C2C([2H])([2H])C([2H])(O)C([2H])(C([2H])([2H])C(C)(C([2H])([2H])[2H])C([2H])([2H])[2H])C1([2H])[2H].[2H]C([2H])([2H])Oc1cc2c(cc1OC)CCN1C2C([2H])([2H])C([2H])(O)C([2H])(CC(C)C)C1([2H])[2H].[2H]C([2H])([2H])Oc1cc2c(cc1OC)CCN1C2C([2H])([2H])C([2H])(O)C([2H])(CC(C)C)C1([2H])[2H].[2H]C1([2H])C2c3cc(OC)c(OC)cc3CCN2C([2H])([2H])C([2H])(CC(C)C)C1([2H])O. The number of rotatable bonds is 21. The first-order valence-corrected chi connectivity index (χ1v) is 46.1. The predicted molar refractivity (Wildman–Crippen MR) is 561 cm³/mol. The summed E-state index contributed by atoms with van der Waals surface area (Å²) in [5.41, 5.74) is -6.60. The van der Waals surface area contributed by atoms with Crippen molar-refractivity contribution in [3.05, 3.63) is 140 Å². The number of benzene rings is 6. The second-order valence-corrected chi connectivity index (χ2v) is 36.9. The Morgan fingerprint density at radius 2 is 0.433 bits per heavy atom. The minimum Gasteiger partial charge on any atom is -0.493 e. The molecule has 0 amide bonds. The lowest BCUT2D eigenvalue weighted by atomic mass is 9.75. The lowest BCUT2D eigenvalue weighted by molar-refractivity contribution is -0.0259. The zero-order valence-corrected chi connectivity index (χ0v) is 82.5. The molecule has 6 aromatic carbocycles. The van der Waals surface area contributed by atoms with Gasteiger partial charge < -0.3 is 87.5 Å².